The average Bonchev–Trinajstić information content (AvgIpc) is 2.28. The normalized spacial score (nSPS) is 23.8. The molecule has 3 N–H and O–H groups in total. The minimum absolute atomic E-state index is 0.00468. The minimum Gasteiger partial charge on any atom is -0.369 e. The van der Waals surface area contributed by atoms with E-state index in [4.69, 9.17) is 5.73 Å². The van der Waals surface area contributed by atoms with Crippen molar-refractivity contribution in [2.45, 2.75) is 6.92 Å². The Hall–Kier alpha value is -1.10. The van der Waals surface area contributed by atoms with Crippen LogP contribution in [-0.2, 0) is 9.59 Å². The van der Waals surface area contributed by atoms with E-state index in [0.717, 1.165) is 6.54 Å². The van der Waals surface area contributed by atoms with Gasteiger partial charge in [0.25, 0.3) is 0 Å². The Morgan fingerprint density at radius 2 is 2.23 bits per heavy atom. The zero-order valence-corrected chi connectivity index (χ0v) is 7.75. The molecule has 1 rings (SSSR count). The molecule has 1 atom stereocenters. The highest BCUT2D eigenvalue weighted by molar-refractivity contribution is 5.79. The number of carbonyl (C=O) groups excluding carboxylic acids is 2. The second-order valence-corrected chi connectivity index (χ2v) is 3.27. The molecule has 5 heteroatoms. The number of nitrogens with one attached hydrogen (secondary N) is 1. The summed E-state index contributed by atoms with van der Waals surface area (Å²) in [4.78, 5) is 23.6. The van der Waals surface area contributed by atoms with Crippen molar-refractivity contribution in [2.24, 2.45) is 11.7 Å². The quantitative estimate of drug-likeness (QED) is 0.524. The van der Waals surface area contributed by atoms with Crippen LogP contribution in [0.25, 0.3) is 0 Å². The molecule has 74 valence electrons. The highest BCUT2D eigenvalue weighted by atomic mass is 16.2. The fraction of sp³-hybridized carbons (Fsp3) is 0.750. The van der Waals surface area contributed by atoms with Crippen molar-refractivity contribution in [3.8, 4) is 0 Å². The largest absolute Gasteiger partial charge is 0.369 e. The van der Waals surface area contributed by atoms with Crippen molar-refractivity contribution >= 4 is 11.8 Å². The van der Waals surface area contributed by atoms with E-state index in [-0.39, 0.29) is 17.7 Å². The van der Waals surface area contributed by atoms with E-state index in [1.165, 1.54) is 6.92 Å². The SMILES string of the molecule is CC(=O)N1CCNCC(C(N)=O)C1. The highest BCUT2D eigenvalue weighted by Gasteiger charge is 2.22. The lowest BCUT2D eigenvalue weighted by Gasteiger charge is -2.20. The molecular weight excluding hydrogens is 170 g/mol. The van der Waals surface area contributed by atoms with Gasteiger partial charge in [-0.1, -0.05) is 0 Å². The third kappa shape index (κ3) is 2.69. The van der Waals surface area contributed by atoms with Crippen molar-refractivity contribution in [3.63, 3.8) is 0 Å². The van der Waals surface area contributed by atoms with Crippen LogP contribution in [0, 0.1) is 5.92 Å². The first kappa shape index (κ1) is 9.98. The summed E-state index contributed by atoms with van der Waals surface area (Å²) in [5.74, 6) is -0.609. The molecule has 0 bridgehead atoms. The van der Waals surface area contributed by atoms with Crippen LogP contribution in [-0.4, -0.2) is 42.9 Å². The molecule has 0 aromatic carbocycles. The van der Waals surface area contributed by atoms with E-state index in [0.29, 0.717) is 19.6 Å². The number of nitrogens with two attached hydrogens (primary N) is 1. The number of carbonyl (C=O) groups is 2. The molecule has 0 saturated carbocycles. The third-order valence-corrected chi connectivity index (χ3v) is 2.24. The molecule has 0 aromatic rings. The predicted octanol–water partition coefficient (Wildman–Crippen LogP) is -1.46. The van der Waals surface area contributed by atoms with Gasteiger partial charge in [-0.2, -0.15) is 0 Å². The monoisotopic (exact) mass is 185 g/mol. The fourth-order valence-electron chi connectivity index (χ4n) is 1.39. The van der Waals surface area contributed by atoms with Gasteiger partial charge in [0.1, 0.15) is 0 Å². The molecule has 1 unspecified atom stereocenters. The summed E-state index contributed by atoms with van der Waals surface area (Å²) < 4.78 is 0. The van der Waals surface area contributed by atoms with Crippen molar-refractivity contribution in [2.75, 3.05) is 26.2 Å². The zero-order valence-electron chi connectivity index (χ0n) is 7.75. The maximum Gasteiger partial charge on any atom is 0.223 e. The summed E-state index contributed by atoms with van der Waals surface area (Å²) in [6.45, 7) is 3.89. The zero-order chi connectivity index (χ0) is 9.84. The standard InChI is InChI=1S/C8H15N3O2/c1-6(12)11-3-2-10-4-7(5-11)8(9)13/h7,10H,2-5H2,1H3,(H2,9,13). The predicted molar refractivity (Wildman–Crippen MR) is 47.8 cm³/mol. The van der Waals surface area contributed by atoms with Crippen LogP contribution < -0.4 is 11.1 Å². The van der Waals surface area contributed by atoms with Crippen LogP contribution in [0.2, 0.25) is 0 Å². The summed E-state index contributed by atoms with van der Waals surface area (Å²) in [6.07, 6.45) is 0. The van der Waals surface area contributed by atoms with Gasteiger partial charge in [0.15, 0.2) is 0 Å². The first-order chi connectivity index (χ1) is 6.11. The van der Waals surface area contributed by atoms with Crippen LogP contribution >= 0.6 is 0 Å². The number of hydrogen-bond donors (Lipinski definition) is 2. The molecule has 2 amide bonds. The van der Waals surface area contributed by atoms with E-state index in [1.54, 1.807) is 4.90 Å². The molecule has 0 spiro atoms. The molecule has 0 radical (unpaired) electrons. The summed E-state index contributed by atoms with van der Waals surface area (Å²) in [5.41, 5.74) is 5.18. The number of primary amides is 1. The molecule has 1 heterocycles. The summed E-state index contributed by atoms with van der Waals surface area (Å²) in [7, 11) is 0. The Morgan fingerprint density at radius 3 is 2.77 bits per heavy atom. The van der Waals surface area contributed by atoms with E-state index >= 15 is 0 Å². The second kappa shape index (κ2) is 4.23. The number of rotatable bonds is 1. The van der Waals surface area contributed by atoms with Crippen LogP contribution in [0.5, 0.6) is 0 Å². The summed E-state index contributed by atoms with van der Waals surface area (Å²) in [6, 6.07) is 0. The molecule has 0 aromatic heterocycles. The van der Waals surface area contributed by atoms with E-state index < -0.39 is 0 Å². The number of amides is 2. The Morgan fingerprint density at radius 1 is 1.54 bits per heavy atom. The third-order valence-electron chi connectivity index (χ3n) is 2.24. The molecule has 1 fully saturated rings. The lowest BCUT2D eigenvalue weighted by molar-refractivity contribution is -0.130. The molecule has 1 aliphatic heterocycles. The molecule has 5 nitrogen and oxygen atoms in total. The van der Waals surface area contributed by atoms with E-state index in [9.17, 15) is 9.59 Å². The van der Waals surface area contributed by atoms with Crippen LogP contribution in [0.1, 0.15) is 6.92 Å². The lowest BCUT2D eigenvalue weighted by Crippen LogP contribution is -2.39. The topological polar surface area (TPSA) is 75.4 Å². The second-order valence-electron chi connectivity index (χ2n) is 3.27. The van der Waals surface area contributed by atoms with Crippen LogP contribution in [0.4, 0.5) is 0 Å². The van der Waals surface area contributed by atoms with Crippen molar-refractivity contribution in [1.82, 2.24) is 10.2 Å². The van der Waals surface area contributed by atoms with Gasteiger partial charge in [-0.05, 0) is 0 Å². The molecule has 1 saturated heterocycles. The summed E-state index contributed by atoms with van der Waals surface area (Å²) in [5, 5.41) is 3.07. The average molecular weight is 185 g/mol. The van der Waals surface area contributed by atoms with Crippen LogP contribution in [0.15, 0.2) is 0 Å². The number of hydrogen-bond acceptors (Lipinski definition) is 3. The molecule has 0 aliphatic carbocycles. The number of nitrogens with zero attached hydrogens (tertiary/aromatic N) is 1. The lowest BCUT2D eigenvalue weighted by atomic mass is 10.1. The van der Waals surface area contributed by atoms with Gasteiger partial charge in [0.05, 0.1) is 5.92 Å². The van der Waals surface area contributed by atoms with Crippen LogP contribution in [0.3, 0.4) is 0 Å². The van der Waals surface area contributed by atoms with Gasteiger partial charge in [-0.3, -0.25) is 9.59 Å². The summed E-state index contributed by atoms with van der Waals surface area (Å²) >= 11 is 0. The van der Waals surface area contributed by atoms with Crippen molar-refractivity contribution in [3.05, 3.63) is 0 Å². The molecular formula is C8H15N3O2. The Labute approximate surface area is 77.3 Å². The van der Waals surface area contributed by atoms with Crippen molar-refractivity contribution < 1.29 is 9.59 Å². The fourth-order valence-corrected chi connectivity index (χ4v) is 1.39. The first-order valence-corrected chi connectivity index (χ1v) is 4.37. The van der Waals surface area contributed by atoms with Gasteiger partial charge in [0.2, 0.25) is 11.8 Å². The van der Waals surface area contributed by atoms with Gasteiger partial charge in [0, 0.05) is 33.1 Å². The van der Waals surface area contributed by atoms with E-state index in [2.05, 4.69) is 5.32 Å². The van der Waals surface area contributed by atoms with Gasteiger partial charge in [-0.15, -0.1) is 0 Å². The van der Waals surface area contributed by atoms with Gasteiger partial charge < -0.3 is 16.0 Å². The Kier molecular flexibility index (Phi) is 3.25. The molecule has 13 heavy (non-hydrogen) atoms. The van der Waals surface area contributed by atoms with Gasteiger partial charge >= 0.3 is 0 Å². The van der Waals surface area contributed by atoms with Crippen molar-refractivity contribution in [1.29, 1.82) is 0 Å². The van der Waals surface area contributed by atoms with E-state index in [1.807, 2.05) is 0 Å². The maximum atomic E-state index is 11.1. The first-order valence-electron chi connectivity index (χ1n) is 4.37. The minimum atomic E-state index is -0.347. The molecule has 1 aliphatic rings. The Balaban J connectivity index is 2.59. The maximum absolute atomic E-state index is 11.1. The Bertz CT molecular complexity index is 195. The smallest absolute Gasteiger partial charge is 0.223 e. The highest BCUT2D eigenvalue weighted by Crippen LogP contribution is 2.02. The van der Waals surface area contributed by atoms with Gasteiger partial charge in [-0.25, -0.2) is 0 Å².